The fraction of sp³-hybridized carbons (Fsp3) is 0.458. The molecule has 2 aromatic heterocycles. The van der Waals surface area contributed by atoms with Gasteiger partial charge in [0.25, 0.3) is 11.8 Å². The Hall–Kier alpha value is -2.60. The number of fused-ring (bicyclic) bond motifs is 1. The smallest absolute Gasteiger partial charge is 0.314 e. The lowest BCUT2D eigenvalue weighted by Crippen LogP contribution is -2.52. The van der Waals surface area contributed by atoms with Crippen molar-refractivity contribution in [3.8, 4) is 20.9 Å². The van der Waals surface area contributed by atoms with Crippen LogP contribution in [-0.2, 0) is 26.0 Å². The molecular formula is C48H72N2O6S2Si6. The van der Waals surface area contributed by atoms with Gasteiger partial charge in [0.05, 0.1) is 32.3 Å². The van der Waals surface area contributed by atoms with Crippen LogP contribution in [0.3, 0.4) is 0 Å². The van der Waals surface area contributed by atoms with Gasteiger partial charge in [-0.05, 0) is 165 Å². The minimum absolute atomic E-state index is 0.0936. The minimum Gasteiger partial charge on any atom is -0.437 e. The monoisotopic (exact) mass is 1000 g/mol. The van der Waals surface area contributed by atoms with E-state index in [1.165, 1.54) is 0 Å². The van der Waals surface area contributed by atoms with Gasteiger partial charge in [-0.25, -0.2) is 0 Å². The Bertz CT molecular complexity index is 2140. The molecule has 346 valence electrons. The number of unbranched alkanes of at least 4 members (excludes halogenated alkanes) is 2. The fourth-order valence-electron chi connectivity index (χ4n) is 9.05. The fourth-order valence-corrected chi connectivity index (χ4v) is 36.4. The SMILES string of the molecule is C[Si](C)(C)O[Si](C)(CCCCN1C(=O)C2=C(c3ccc(-c4ccccc4)s3)N(CCCC[Si](C)(O[Si](C)(C)C)O[Si](C)(C)C)C(=O)C2=C1c1ccc(-c2ccccc2)s1)O[Si](C)(C)C. The van der Waals surface area contributed by atoms with Crippen molar-refractivity contribution in [2.75, 3.05) is 13.1 Å². The van der Waals surface area contributed by atoms with Crippen LogP contribution in [0.1, 0.15) is 35.4 Å². The van der Waals surface area contributed by atoms with E-state index in [1.54, 1.807) is 22.7 Å². The molecule has 0 aliphatic carbocycles. The lowest BCUT2D eigenvalue weighted by Gasteiger charge is -2.38. The van der Waals surface area contributed by atoms with E-state index in [4.69, 9.17) is 16.5 Å². The third-order valence-corrected chi connectivity index (χ3v) is 32.1. The van der Waals surface area contributed by atoms with E-state index >= 15 is 9.59 Å². The van der Waals surface area contributed by atoms with Crippen LogP contribution in [-0.4, -0.2) is 85.1 Å². The molecule has 0 radical (unpaired) electrons. The van der Waals surface area contributed by atoms with E-state index in [1.807, 2.05) is 46.2 Å². The highest BCUT2D eigenvalue weighted by Gasteiger charge is 2.50. The maximum absolute atomic E-state index is 15.3. The molecule has 0 bridgehead atoms. The van der Waals surface area contributed by atoms with Crippen LogP contribution in [0.25, 0.3) is 32.3 Å². The van der Waals surface area contributed by atoms with E-state index in [2.05, 4.69) is 140 Å². The molecule has 4 heterocycles. The standard InChI is InChI=1S/C48H72N2O6S2Si6/c1-59(2,3)53-63(13,54-60(4,5)6)35-23-21-33-49-45(41-31-29-39(57-41)37-25-17-15-18-26-37)43-44(47(49)51)46(42-32-30-40(58-42)38-27-19-16-20-28-38)50(48(43)52)34-22-24-36-64(14,55-61(7,8)9)56-62(10,11)12/h15-20,25-32H,21-24,33-36H2,1-14H3. The Morgan fingerprint density at radius 1 is 0.406 bits per heavy atom. The summed E-state index contributed by atoms with van der Waals surface area (Å²) in [7, 11) is -12.4. The average molecular weight is 1010 g/mol. The van der Waals surface area contributed by atoms with Gasteiger partial charge in [0.15, 0.2) is 33.3 Å². The van der Waals surface area contributed by atoms with Crippen molar-refractivity contribution in [1.29, 1.82) is 0 Å². The second-order valence-corrected chi connectivity index (χ2v) is 49.3. The van der Waals surface area contributed by atoms with Crippen molar-refractivity contribution in [1.82, 2.24) is 9.80 Å². The Morgan fingerprint density at radius 2 is 0.703 bits per heavy atom. The zero-order chi connectivity index (χ0) is 46.9. The molecule has 64 heavy (non-hydrogen) atoms. The first-order chi connectivity index (χ1) is 29.7. The Balaban J connectivity index is 1.38. The van der Waals surface area contributed by atoms with Crippen LogP contribution in [0, 0.1) is 0 Å². The predicted octanol–water partition coefficient (Wildman–Crippen LogP) is 14.1. The average Bonchev–Trinajstić information content (AvgIpc) is 3.95. The van der Waals surface area contributed by atoms with Crippen molar-refractivity contribution >= 4 is 96.3 Å². The number of hydrogen-bond acceptors (Lipinski definition) is 8. The third-order valence-electron chi connectivity index (χ3n) is 10.6. The van der Waals surface area contributed by atoms with Crippen LogP contribution < -0.4 is 0 Å². The Labute approximate surface area is 398 Å². The second kappa shape index (κ2) is 19.9. The quantitative estimate of drug-likeness (QED) is 0.0577. The van der Waals surface area contributed by atoms with E-state index in [0.717, 1.165) is 79.8 Å². The molecule has 0 fully saturated rings. The largest absolute Gasteiger partial charge is 0.437 e. The van der Waals surface area contributed by atoms with Crippen LogP contribution in [0.5, 0.6) is 0 Å². The normalized spacial score (nSPS) is 15.7. The van der Waals surface area contributed by atoms with Gasteiger partial charge in [-0.1, -0.05) is 60.7 Å². The topological polar surface area (TPSA) is 77.5 Å². The molecule has 0 spiro atoms. The van der Waals surface area contributed by atoms with Crippen LogP contribution in [0.15, 0.2) is 96.1 Å². The van der Waals surface area contributed by atoms with Crippen molar-refractivity contribution in [3.63, 3.8) is 0 Å². The molecule has 0 saturated heterocycles. The molecule has 0 atom stereocenters. The summed E-state index contributed by atoms with van der Waals surface area (Å²) in [6.07, 6.45) is 3.27. The molecule has 16 heteroatoms. The number of nitrogens with zero attached hydrogens (tertiary/aromatic N) is 2. The van der Waals surface area contributed by atoms with Gasteiger partial charge in [-0.3, -0.25) is 9.59 Å². The highest BCUT2D eigenvalue weighted by Crippen LogP contribution is 2.50. The maximum Gasteiger partial charge on any atom is 0.314 e. The van der Waals surface area contributed by atoms with E-state index < -0.39 is 50.4 Å². The molecule has 4 aromatic rings. The number of rotatable bonds is 22. The second-order valence-electron chi connectivity index (χ2n) is 21.5. The van der Waals surface area contributed by atoms with Crippen LogP contribution in [0.2, 0.25) is 104 Å². The lowest BCUT2D eigenvalue weighted by molar-refractivity contribution is -0.124. The summed E-state index contributed by atoms with van der Waals surface area (Å²) in [5, 5.41) is 0. The van der Waals surface area contributed by atoms with Gasteiger partial charge in [0, 0.05) is 22.8 Å². The van der Waals surface area contributed by atoms with Gasteiger partial charge < -0.3 is 26.3 Å². The number of carbonyl (C=O) groups excluding carboxylic acids is 2. The van der Waals surface area contributed by atoms with Gasteiger partial charge in [-0.15, -0.1) is 22.7 Å². The molecular weight excluding hydrogens is 933 g/mol. The zero-order valence-corrected chi connectivity index (χ0v) is 48.5. The number of hydrogen-bond donors (Lipinski definition) is 0. The summed E-state index contributed by atoms with van der Waals surface area (Å²) in [4.78, 5) is 38.5. The summed E-state index contributed by atoms with van der Waals surface area (Å²) in [5.41, 5.74) is 4.76. The highest BCUT2D eigenvalue weighted by molar-refractivity contribution is 7.17. The van der Waals surface area contributed by atoms with E-state index in [-0.39, 0.29) is 11.8 Å². The van der Waals surface area contributed by atoms with Gasteiger partial charge >= 0.3 is 17.1 Å². The summed E-state index contributed by atoms with van der Waals surface area (Å²) < 4.78 is 27.4. The zero-order valence-electron chi connectivity index (χ0n) is 40.9. The number of carbonyl (C=O) groups is 2. The first-order valence-corrected chi connectivity index (χ1v) is 43.3. The van der Waals surface area contributed by atoms with Crippen molar-refractivity contribution in [2.45, 2.75) is 129 Å². The van der Waals surface area contributed by atoms with Gasteiger partial charge in [0.1, 0.15) is 0 Å². The van der Waals surface area contributed by atoms with E-state index in [9.17, 15) is 0 Å². The maximum atomic E-state index is 15.3. The molecule has 0 unspecified atom stereocenters. The van der Waals surface area contributed by atoms with Gasteiger partial charge in [0.2, 0.25) is 0 Å². The summed E-state index contributed by atoms with van der Waals surface area (Å²) >= 11 is 3.29. The van der Waals surface area contributed by atoms with E-state index in [0.29, 0.717) is 24.2 Å². The Kier molecular flexibility index (Phi) is 15.8. The molecule has 2 aromatic carbocycles. The van der Waals surface area contributed by atoms with Crippen molar-refractivity contribution in [3.05, 3.63) is 106 Å². The number of amides is 2. The first kappa shape index (κ1) is 50.8. The molecule has 6 rings (SSSR count). The molecule has 2 aliphatic rings. The van der Waals surface area contributed by atoms with Crippen LogP contribution >= 0.6 is 22.7 Å². The predicted molar refractivity (Wildman–Crippen MR) is 286 cm³/mol. The van der Waals surface area contributed by atoms with Crippen molar-refractivity contribution < 1.29 is 26.0 Å². The van der Waals surface area contributed by atoms with Crippen molar-refractivity contribution in [2.24, 2.45) is 0 Å². The lowest BCUT2D eigenvalue weighted by atomic mass is 10.1. The summed E-state index contributed by atoms with van der Waals surface area (Å²) in [6, 6.07) is 30.9. The minimum atomic E-state index is -2.47. The third kappa shape index (κ3) is 13.3. The summed E-state index contributed by atoms with van der Waals surface area (Å²) in [6.45, 7) is 32.3. The first-order valence-electron chi connectivity index (χ1n) is 23.0. The molecule has 8 nitrogen and oxygen atoms in total. The molecule has 2 amide bonds. The van der Waals surface area contributed by atoms with Crippen LogP contribution in [0.4, 0.5) is 0 Å². The number of benzene rings is 2. The molecule has 2 aliphatic heterocycles. The Morgan fingerprint density at radius 3 is 1.00 bits per heavy atom. The van der Waals surface area contributed by atoms with Gasteiger partial charge in [-0.2, -0.15) is 0 Å². The summed E-state index contributed by atoms with van der Waals surface area (Å²) in [5.74, 6) is -0.187. The molecule has 0 saturated carbocycles. The highest BCUT2D eigenvalue weighted by atomic mass is 32.1. The molecule has 0 N–H and O–H groups in total. The number of thiophene rings is 2.